The van der Waals surface area contributed by atoms with E-state index in [1.165, 1.54) is 0 Å². The van der Waals surface area contributed by atoms with E-state index in [0.29, 0.717) is 12.8 Å². The highest BCUT2D eigenvalue weighted by molar-refractivity contribution is 8.09. The molecule has 1 unspecified atom stereocenters. The molecule has 0 heterocycles. The van der Waals surface area contributed by atoms with Crippen LogP contribution in [-0.4, -0.2) is 17.7 Å². The topological polar surface area (TPSA) is 29.5 Å². The smallest absolute Gasteiger partial charge is 0.185 e. The van der Waals surface area contributed by atoms with Crippen LogP contribution in [0.15, 0.2) is 0 Å². The molecule has 0 rings (SSSR count). The van der Waals surface area contributed by atoms with Crippen molar-refractivity contribution in [3.8, 4) is 0 Å². The van der Waals surface area contributed by atoms with Gasteiger partial charge in [0.05, 0.1) is 6.61 Å². The van der Waals surface area contributed by atoms with Crippen LogP contribution in [0.2, 0.25) is 0 Å². The molecular formula is C4H11O2PS. The number of hydrogen-bond donors (Lipinski definition) is 1. The van der Waals surface area contributed by atoms with Gasteiger partial charge in [-0.3, -0.25) is 0 Å². The highest BCUT2D eigenvalue weighted by Crippen LogP contribution is 2.40. The van der Waals surface area contributed by atoms with Crippen LogP contribution in [0, 0.1) is 0 Å². The number of hydrogen-bond acceptors (Lipinski definition) is 2. The highest BCUT2D eigenvalue weighted by Gasteiger charge is 2.06. The molecule has 0 aliphatic rings. The summed E-state index contributed by atoms with van der Waals surface area (Å²) in [5, 5.41) is 0. The van der Waals surface area contributed by atoms with Crippen LogP contribution in [0.1, 0.15) is 13.8 Å². The first-order valence-corrected chi connectivity index (χ1v) is 5.44. The summed E-state index contributed by atoms with van der Waals surface area (Å²) in [6.07, 6.45) is 0.566. The molecule has 1 N–H and O–H groups in total. The van der Waals surface area contributed by atoms with Gasteiger partial charge in [0.15, 0.2) is 6.49 Å². The summed E-state index contributed by atoms with van der Waals surface area (Å²) in [6.45, 7) is 1.83. The summed E-state index contributed by atoms with van der Waals surface area (Å²) in [5.74, 6) is 0. The molecule has 1 atom stereocenters. The van der Waals surface area contributed by atoms with E-state index in [9.17, 15) is 0 Å². The zero-order chi connectivity index (χ0) is 6.62. The molecule has 0 amide bonds. The zero-order valence-electron chi connectivity index (χ0n) is 5.13. The Labute approximate surface area is 55.0 Å². The maximum Gasteiger partial charge on any atom is 0.185 e. The Kier molecular flexibility index (Phi) is 3.82. The van der Waals surface area contributed by atoms with E-state index in [1.54, 1.807) is 0 Å². The molecule has 0 aliphatic heterocycles. The SMILES string of the molecule is CCOP(O)(=S)CC. The quantitative estimate of drug-likeness (QED) is 0.622. The Balaban J connectivity index is 3.55. The first-order chi connectivity index (χ1) is 3.62. The third kappa shape index (κ3) is 3.56. The van der Waals surface area contributed by atoms with Crippen molar-refractivity contribution in [1.29, 1.82) is 0 Å². The average Bonchev–Trinajstić information content (AvgIpc) is 1.67. The van der Waals surface area contributed by atoms with Gasteiger partial charge in [0.1, 0.15) is 0 Å². The third-order valence-electron chi connectivity index (χ3n) is 0.730. The molecule has 0 radical (unpaired) electrons. The molecule has 0 aliphatic carbocycles. The molecule has 4 heteroatoms. The van der Waals surface area contributed by atoms with Gasteiger partial charge in [-0.2, -0.15) is 0 Å². The fourth-order valence-electron chi connectivity index (χ4n) is 0.293. The third-order valence-corrected chi connectivity index (χ3v) is 3.28. The van der Waals surface area contributed by atoms with Gasteiger partial charge in [0.25, 0.3) is 0 Å². The van der Waals surface area contributed by atoms with Gasteiger partial charge in [-0.1, -0.05) is 6.92 Å². The maximum absolute atomic E-state index is 9.03. The van der Waals surface area contributed by atoms with E-state index in [-0.39, 0.29) is 0 Å². The Bertz CT molecular complexity index is 104. The molecule has 0 aromatic rings. The molecule has 50 valence electrons. The summed E-state index contributed by atoms with van der Waals surface area (Å²) in [7, 11) is 0. The summed E-state index contributed by atoms with van der Waals surface area (Å²) < 4.78 is 4.86. The lowest BCUT2D eigenvalue weighted by atomic mass is 10.9. The standard InChI is InChI=1S/C4H11O2PS/c1-3-6-7(5,8)4-2/h3-4H2,1-2H3,(H,5,8). The summed E-state index contributed by atoms with van der Waals surface area (Å²) in [4.78, 5) is 9.03. The van der Waals surface area contributed by atoms with E-state index in [4.69, 9.17) is 9.42 Å². The minimum atomic E-state index is -2.34. The van der Waals surface area contributed by atoms with Crippen molar-refractivity contribution in [2.75, 3.05) is 12.8 Å². The van der Waals surface area contributed by atoms with Crippen molar-refractivity contribution in [2.45, 2.75) is 13.8 Å². The number of rotatable bonds is 3. The van der Waals surface area contributed by atoms with Crippen molar-refractivity contribution in [3.63, 3.8) is 0 Å². The van der Waals surface area contributed by atoms with Gasteiger partial charge < -0.3 is 9.42 Å². The summed E-state index contributed by atoms with van der Waals surface area (Å²) >= 11 is 4.69. The van der Waals surface area contributed by atoms with Gasteiger partial charge in [-0.25, -0.2) is 0 Å². The van der Waals surface area contributed by atoms with E-state index < -0.39 is 6.49 Å². The van der Waals surface area contributed by atoms with Crippen LogP contribution in [0.25, 0.3) is 0 Å². The Morgan fingerprint density at radius 1 is 1.62 bits per heavy atom. The van der Waals surface area contributed by atoms with Crippen LogP contribution in [0.4, 0.5) is 0 Å². The first kappa shape index (κ1) is 8.57. The fourth-order valence-corrected chi connectivity index (χ4v) is 1.20. The zero-order valence-corrected chi connectivity index (χ0v) is 6.84. The van der Waals surface area contributed by atoms with Crippen LogP contribution in [0.3, 0.4) is 0 Å². The molecule has 0 spiro atoms. The second-order valence-electron chi connectivity index (χ2n) is 1.37. The molecule has 0 saturated carbocycles. The molecule has 0 aromatic carbocycles. The first-order valence-electron chi connectivity index (χ1n) is 2.58. The van der Waals surface area contributed by atoms with Gasteiger partial charge in [-0.05, 0) is 18.7 Å². The molecule has 0 saturated heterocycles. The van der Waals surface area contributed by atoms with Crippen LogP contribution >= 0.6 is 6.49 Å². The van der Waals surface area contributed by atoms with Crippen molar-refractivity contribution in [3.05, 3.63) is 0 Å². The molecule has 0 aromatic heterocycles. The average molecular weight is 154 g/mol. The van der Waals surface area contributed by atoms with E-state index in [2.05, 4.69) is 11.8 Å². The predicted molar refractivity (Wildman–Crippen MR) is 38.7 cm³/mol. The Morgan fingerprint density at radius 2 is 2.12 bits per heavy atom. The van der Waals surface area contributed by atoms with Crippen molar-refractivity contribution in [1.82, 2.24) is 0 Å². The lowest BCUT2D eigenvalue weighted by molar-refractivity contribution is 0.328. The lowest BCUT2D eigenvalue weighted by Gasteiger charge is -2.10. The van der Waals surface area contributed by atoms with Crippen LogP contribution in [-0.2, 0) is 16.3 Å². The molecular weight excluding hydrogens is 143 g/mol. The minimum absolute atomic E-state index is 0.515. The van der Waals surface area contributed by atoms with E-state index in [1.807, 2.05) is 13.8 Å². The molecule has 0 bridgehead atoms. The van der Waals surface area contributed by atoms with Gasteiger partial charge in [0, 0.05) is 6.16 Å². The predicted octanol–water partition coefficient (Wildman–Crippen LogP) is 1.34. The fraction of sp³-hybridized carbons (Fsp3) is 1.00. The normalized spacial score (nSPS) is 17.9. The van der Waals surface area contributed by atoms with E-state index in [0.717, 1.165) is 0 Å². The van der Waals surface area contributed by atoms with Gasteiger partial charge in [0.2, 0.25) is 0 Å². The molecule has 0 fully saturated rings. The minimum Gasteiger partial charge on any atom is -0.345 e. The van der Waals surface area contributed by atoms with Gasteiger partial charge >= 0.3 is 0 Å². The molecule has 8 heavy (non-hydrogen) atoms. The summed E-state index contributed by atoms with van der Waals surface area (Å²) in [6, 6.07) is 0. The van der Waals surface area contributed by atoms with Crippen molar-refractivity contribution < 1.29 is 9.42 Å². The largest absolute Gasteiger partial charge is 0.345 e. The van der Waals surface area contributed by atoms with Crippen LogP contribution in [0.5, 0.6) is 0 Å². The van der Waals surface area contributed by atoms with E-state index >= 15 is 0 Å². The maximum atomic E-state index is 9.03. The lowest BCUT2D eigenvalue weighted by Crippen LogP contribution is -1.89. The highest BCUT2D eigenvalue weighted by atomic mass is 32.5. The molecule has 2 nitrogen and oxygen atoms in total. The van der Waals surface area contributed by atoms with Crippen molar-refractivity contribution in [2.24, 2.45) is 0 Å². The monoisotopic (exact) mass is 154 g/mol. The van der Waals surface area contributed by atoms with Crippen LogP contribution < -0.4 is 0 Å². The Hall–Kier alpha value is 0.570. The summed E-state index contributed by atoms with van der Waals surface area (Å²) in [5.41, 5.74) is 0. The Morgan fingerprint density at radius 3 is 2.25 bits per heavy atom. The van der Waals surface area contributed by atoms with Gasteiger partial charge in [-0.15, -0.1) is 0 Å². The second-order valence-corrected chi connectivity index (χ2v) is 5.25. The second kappa shape index (κ2) is 3.57. The van der Waals surface area contributed by atoms with Crippen molar-refractivity contribution >= 4 is 18.3 Å².